The molecule has 13 heteroatoms. The van der Waals surface area contributed by atoms with Crippen molar-refractivity contribution < 1.29 is 44.8 Å². The molecule has 0 amide bonds. The normalized spacial score (nSPS) is 39.6. The van der Waals surface area contributed by atoms with E-state index in [1.54, 1.807) is 6.20 Å². The Hall–Kier alpha value is -1.94. The quantitative estimate of drug-likeness (QED) is 0.233. The number of aliphatic hydroxyl groups excluding tert-OH is 6. The van der Waals surface area contributed by atoms with Crippen LogP contribution in [0, 0.1) is 0 Å². The van der Waals surface area contributed by atoms with Gasteiger partial charge in [0.1, 0.15) is 60.7 Å². The third-order valence-corrected chi connectivity index (χ3v) is 5.46. The summed E-state index contributed by atoms with van der Waals surface area (Å²) in [5.41, 5.74) is 7.18. The summed E-state index contributed by atoms with van der Waals surface area (Å²) in [5, 5.41) is 59.8. The van der Waals surface area contributed by atoms with Gasteiger partial charge < -0.3 is 55.6 Å². The van der Waals surface area contributed by atoms with E-state index in [1.165, 1.54) is 6.33 Å². The Labute approximate surface area is 169 Å². The lowest BCUT2D eigenvalue weighted by molar-refractivity contribution is -0.306. The maximum atomic E-state index is 10.5. The van der Waals surface area contributed by atoms with E-state index in [0.717, 1.165) is 0 Å². The van der Waals surface area contributed by atoms with Gasteiger partial charge in [0.2, 0.25) is 0 Å². The fourth-order valence-electron chi connectivity index (χ4n) is 3.73. The van der Waals surface area contributed by atoms with Crippen molar-refractivity contribution in [2.75, 3.05) is 18.9 Å². The van der Waals surface area contributed by atoms with Crippen LogP contribution in [0.3, 0.4) is 0 Å². The molecule has 0 spiro atoms. The van der Waals surface area contributed by atoms with Gasteiger partial charge in [0.25, 0.3) is 0 Å². The van der Waals surface area contributed by atoms with Crippen LogP contribution < -0.4 is 5.73 Å². The fraction of sp³-hybridized carbons (Fsp3) is 0.647. The topological polar surface area (TPSA) is 217 Å². The number of aromatic nitrogens is 3. The van der Waals surface area contributed by atoms with E-state index in [-0.39, 0.29) is 12.4 Å². The van der Waals surface area contributed by atoms with Gasteiger partial charge in [0.05, 0.1) is 18.7 Å². The third kappa shape index (κ3) is 3.53. The standard InChI is InChI=1S/C17H24N4O9/c18-16-9-8(20-4-21-16)5(1-19-9)15-13(26)11(24)7(29-15)3-28-17-14(27)12(25)10(23)6(2-22)30-17/h1,4,6-7,10-15,17,19,22-27H,2-3H2,(H2,18,20,21)/t6-,7-,10-,11-,12+,13-,14-,15+,17+/m1/s1. The molecule has 2 aliphatic heterocycles. The Balaban J connectivity index is 1.45. The molecule has 0 aromatic carbocycles. The number of nitrogen functional groups attached to an aromatic ring is 1. The summed E-state index contributed by atoms with van der Waals surface area (Å²) >= 11 is 0. The maximum Gasteiger partial charge on any atom is 0.186 e. The molecule has 2 aliphatic rings. The molecule has 4 rings (SSSR count). The van der Waals surface area contributed by atoms with Crippen LogP contribution in [0.1, 0.15) is 11.7 Å². The molecule has 13 nitrogen and oxygen atoms in total. The molecule has 9 N–H and O–H groups in total. The fourth-order valence-corrected chi connectivity index (χ4v) is 3.73. The number of anilines is 1. The zero-order valence-corrected chi connectivity index (χ0v) is 15.6. The number of aliphatic hydroxyl groups is 6. The largest absolute Gasteiger partial charge is 0.394 e. The first-order chi connectivity index (χ1) is 14.3. The van der Waals surface area contributed by atoms with Crippen molar-refractivity contribution in [1.82, 2.24) is 15.0 Å². The molecular formula is C17H24N4O9. The number of nitrogens with two attached hydrogens (primary N) is 1. The summed E-state index contributed by atoms with van der Waals surface area (Å²) in [5.74, 6) is 0.224. The number of nitrogens with zero attached hydrogens (tertiary/aromatic N) is 2. The van der Waals surface area contributed by atoms with Crippen molar-refractivity contribution >= 4 is 16.9 Å². The lowest BCUT2D eigenvalue weighted by Gasteiger charge is -2.39. The number of fused-ring (bicyclic) bond motifs is 1. The molecule has 2 aromatic rings. The van der Waals surface area contributed by atoms with Crippen LogP contribution in [-0.4, -0.2) is 108 Å². The van der Waals surface area contributed by atoms with Gasteiger partial charge >= 0.3 is 0 Å². The Kier molecular flexibility index (Phi) is 5.89. The number of hydrogen-bond donors (Lipinski definition) is 8. The molecule has 0 aliphatic carbocycles. The number of hydrogen-bond acceptors (Lipinski definition) is 12. The summed E-state index contributed by atoms with van der Waals surface area (Å²) < 4.78 is 16.4. The monoisotopic (exact) mass is 428 g/mol. The summed E-state index contributed by atoms with van der Waals surface area (Å²) in [6.07, 6.45) is -8.95. The predicted octanol–water partition coefficient (Wildman–Crippen LogP) is -3.48. The zero-order chi connectivity index (χ0) is 21.6. The second kappa shape index (κ2) is 8.30. The molecular weight excluding hydrogens is 404 g/mol. The second-order valence-corrected chi connectivity index (χ2v) is 7.33. The van der Waals surface area contributed by atoms with Crippen LogP contribution in [0.25, 0.3) is 11.0 Å². The van der Waals surface area contributed by atoms with Crippen molar-refractivity contribution in [2.45, 2.75) is 55.1 Å². The Bertz CT molecular complexity index is 880. The molecule has 166 valence electrons. The molecule has 2 saturated heterocycles. The van der Waals surface area contributed by atoms with Crippen molar-refractivity contribution in [3.05, 3.63) is 18.1 Å². The van der Waals surface area contributed by atoms with E-state index in [0.29, 0.717) is 16.6 Å². The molecule has 0 bridgehead atoms. The minimum absolute atomic E-state index is 0.224. The smallest absolute Gasteiger partial charge is 0.186 e. The van der Waals surface area contributed by atoms with Crippen LogP contribution >= 0.6 is 0 Å². The SMILES string of the molecule is Nc1ncnc2c([C@@H]3O[C@H](CO[C@H]4O[C@H](CO)[C@@H](O)[C@H](O)[C@H]4O)[C@@H](O)[C@H]3O)c[nH]c12. The Morgan fingerprint density at radius 3 is 2.43 bits per heavy atom. The van der Waals surface area contributed by atoms with Gasteiger partial charge in [-0.3, -0.25) is 0 Å². The van der Waals surface area contributed by atoms with Crippen LogP contribution in [0.5, 0.6) is 0 Å². The molecule has 2 aromatic heterocycles. The van der Waals surface area contributed by atoms with Crippen molar-refractivity contribution in [1.29, 1.82) is 0 Å². The van der Waals surface area contributed by atoms with Gasteiger partial charge in [-0.25, -0.2) is 9.97 Å². The average Bonchev–Trinajstić information content (AvgIpc) is 3.28. The second-order valence-electron chi connectivity index (χ2n) is 7.33. The number of ether oxygens (including phenoxy) is 3. The first-order valence-electron chi connectivity index (χ1n) is 9.34. The zero-order valence-electron chi connectivity index (χ0n) is 15.6. The highest BCUT2D eigenvalue weighted by Crippen LogP contribution is 2.37. The molecule has 9 atom stereocenters. The summed E-state index contributed by atoms with van der Waals surface area (Å²) in [6.45, 7) is -0.906. The van der Waals surface area contributed by atoms with Gasteiger partial charge in [-0.1, -0.05) is 0 Å². The van der Waals surface area contributed by atoms with E-state index in [2.05, 4.69) is 15.0 Å². The van der Waals surface area contributed by atoms with Crippen molar-refractivity contribution in [2.24, 2.45) is 0 Å². The molecule has 0 saturated carbocycles. The van der Waals surface area contributed by atoms with Crippen LogP contribution in [0.4, 0.5) is 5.82 Å². The number of nitrogens with one attached hydrogen (secondary N) is 1. The maximum absolute atomic E-state index is 10.5. The van der Waals surface area contributed by atoms with E-state index in [4.69, 9.17) is 19.9 Å². The van der Waals surface area contributed by atoms with Gasteiger partial charge in [-0.05, 0) is 0 Å². The first kappa shape index (κ1) is 21.3. The van der Waals surface area contributed by atoms with Crippen molar-refractivity contribution in [3.8, 4) is 0 Å². The van der Waals surface area contributed by atoms with Gasteiger partial charge in [0, 0.05) is 11.8 Å². The average molecular weight is 428 g/mol. The lowest BCUT2D eigenvalue weighted by atomic mass is 9.99. The van der Waals surface area contributed by atoms with Gasteiger partial charge in [-0.2, -0.15) is 0 Å². The Morgan fingerprint density at radius 2 is 1.70 bits per heavy atom. The van der Waals surface area contributed by atoms with Crippen LogP contribution in [0.2, 0.25) is 0 Å². The number of rotatable bonds is 5. The molecule has 4 heterocycles. The minimum atomic E-state index is -1.59. The van der Waals surface area contributed by atoms with Crippen molar-refractivity contribution in [3.63, 3.8) is 0 Å². The third-order valence-electron chi connectivity index (χ3n) is 5.46. The first-order valence-corrected chi connectivity index (χ1v) is 9.34. The van der Waals surface area contributed by atoms with Crippen LogP contribution in [-0.2, 0) is 14.2 Å². The highest BCUT2D eigenvalue weighted by atomic mass is 16.7. The highest BCUT2D eigenvalue weighted by molar-refractivity contribution is 5.87. The number of H-pyrrole nitrogens is 1. The number of aromatic amines is 1. The van der Waals surface area contributed by atoms with Crippen LogP contribution in [0.15, 0.2) is 12.5 Å². The summed E-state index contributed by atoms with van der Waals surface area (Å²) in [4.78, 5) is 10.9. The van der Waals surface area contributed by atoms with E-state index in [1.807, 2.05) is 0 Å². The Morgan fingerprint density at radius 1 is 0.967 bits per heavy atom. The van der Waals surface area contributed by atoms with Gasteiger partial charge in [0.15, 0.2) is 12.1 Å². The molecule has 2 fully saturated rings. The van der Waals surface area contributed by atoms with E-state index < -0.39 is 61.7 Å². The molecule has 30 heavy (non-hydrogen) atoms. The lowest BCUT2D eigenvalue weighted by Crippen LogP contribution is -2.59. The van der Waals surface area contributed by atoms with E-state index in [9.17, 15) is 30.6 Å². The minimum Gasteiger partial charge on any atom is -0.394 e. The highest BCUT2D eigenvalue weighted by Gasteiger charge is 2.47. The predicted molar refractivity (Wildman–Crippen MR) is 97.6 cm³/mol. The summed E-state index contributed by atoms with van der Waals surface area (Å²) in [6, 6.07) is 0. The van der Waals surface area contributed by atoms with Gasteiger partial charge in [-0.15, -0.1) is 0 Å². The van der Waals surface area contributed by atoms with E-state index >= 15 is 0 Å². The molecule has 0 unspecified atom stereocenters. The molecule has 0 radical (unpaired) electrons. The summed E-state index contributed by atoms with van der Waals surface area (Å²) in [7, 11) is 0.